The van der Waals surface area contributed by atoms with E-state index in [1.54, 1.807) is 12.3 Å². The van der Waals surface area contributed by atoms with E-state index < -0.39 is 0 Å². The summed E-state index contributed by atoms with van der Waals surface area (Å²) in [4.78, 5) is 18.8. The molecule has 1 amide bonds. The summed E-state index contributed by atoms with van der Waals surface area (Å²) in [7, 11) is 0. The van der Waals surface area contributed by atoms with Crippen LogP contribution in [0.1, 0.15) is 45.1 Å². The molecule has 1 aliphatic rings. The minimum atomic E-state index is 0.107. The SMILES string of the molecule is CCC(CC)NC(=O)C1CCN(c2ccc(C#N)cn2)CC1. The van der Waals surface area contributed by atoms with Crippen molar-refractivity contribution in [3.63, 3.8) is 0 Å². The third-order valence-electron chi connectivity index (χ3n) is 4.40. The number of nitriles is 1. The van der Waals surface area contributed by atoms with Gasteiger partial charge < -0.3 is 10.2 Å². The van der Waals surface area contributed by atoms with E-state index in [4.69, 9.17) is 5.26 Å². The zero-order chi connectivity index (χ0) is 15.9. The summed E-state index contributed by atoms with van der Waals surface area (Å²) in [5.74, 6) is 1.19. The number of carbonyl (C=O) groups is 1. The van der Waals surface area contributed by atoms with Crippen molar-refractivity contribution in [2.45, 2.75) is 45.6 Å². The molecule has 1 aromatic rings. The van der Waals surface area contributed by atoms with Crippen LogP contribution in [0.3, 0.4) is 0 Å². The Kier molecular flexibility index (Phi) is 5.76. The molecule has 1 saturated heterocycles. The smallest absolute Gasteiger partial charge is 0.223 e. The van der Waals surface area contributed by atoms with Gasteiger partial charge in [0.25, 0.3) is 0 Å². The van der Waals surface area contributed by atoms with Crippen molar-refractivity contribution in [3.05, 3.63) is 23.9 Å². The molecule has 1 aliphatic heterocycles. The Morgan fingerprint density at radius 2 is 2.09 bits per heavy atom. The molecule has 118 valence electrons. The Bertz CT molecular complexity index is 523. The van der Waals surface area contributed by atoms with Gasteiger partial charge in [-0.05, 0) is 37.8 Å². The maximum absolute atomic E-state index is 12.3. The Balaban J connectivity index is 1.87. The van der Waals surface area contributed by atoms with Crippen LogP contribution < -0.4 is 10.2 Å². The normalized spacial score (nSPS) is 15.6. The molecule has 5 nitrogen and oxygen atoms in total. The van der Waals surface area contributed by atoms with Crippen LogP contribution in [-0.2, 0) is 4.79 Å². The summed E-state index contributed by atoms with van der Waals surface area (Å²) in [6.07, 6.45) is 5.27. The molecular weight excluding hydrogens is 276 g/mol. The van der Waals surface area contributed by atoms with Crippen LogP contribution in [0.5, 0.6) is 0 Å². The molecule has 0 radical (unpaired) electrons. The number of pyridine rings is 1. The largest absolute Gasteiger partial charge is 0.357 e. The van der Waals surface area contributed by atoms with Gasteiger partial charge in [-0.25, -0.2) is 4.98 Å². The summed E-state index contributed by atoms with van der Waals surface area (Å²) in [5, 5.41) is 11.9. The average Bonchev–Trinajstić information content (AvgIpc) is 2.59. The monoisotopic (exact) mass is 300 g/mol. The van der Waals surface area contributed by atoms with Crippen molar-refractivity contribution in [2.75, 3.05) is 18.0 Å². The molecule has 5 heteroatoms. The third-order valence-corrected chi connectivity index (χ3v) is 4.40. The highest BCUT2D eigenvalue weighted by molar-refractivity contribution is 5.79. The van der Waals surface area contributed by atoms with E-state index in [0.29, 0.717) is 11.6 Å². The average molecular weight is 300 g/mol. The number of piperidine rings is 1. The molecule has 1 N–H and O–H groups in total. The molecule has 0 bridgehead atoms. The van der Waals surface area contributed by atoms with E-state index in [0.717, 1.165) is 44.6 Å². The van der Waals surface area contributed by atoms with Gasteiger partial charge in [0.05, 0.1) is 5.56 Å². The highest BCUT2D eigenvalue weighted by Gasteiger charge is 2.26. The molecule has 0 atom stereocenters. The Morgan fingerprint density at radius 1 is 1.41 bits per heavy atom. The summed E-state index contributed by atoms with van der Waals surface area (Å²) in [5.41, 5.74) is 0.572. The number of hydrogen-bond donors (Lipinski definition) is 1. The van der Waals surface area contributed by atoms with E-state index in [2.05, 4.69) is 35.1 Å². The lowest BCUT2D eigenvalue weighted by Gasteiger charge is -2.32. The lowest BCUT2D eigenvalue weighted by molar-refractivity contribution is -0.126. The predicted molar refractivity (Wildman–Crippen MR) is 86.4 cm³/mol. The number of amides is 1. The fourth-order valence-corrected chi connectivity index (χ4v) is 2.82. The zero-order valence-electron chi connectivity index (χ0n) is 13.4. The van der Waals surface area contributed by atoms with Crippen LogP contribution in [0, 0.1) is 17.2 Å². The minimum absolute atomic E-state index is 0.107. The first-order valence-electron chi connectivity index (χ1n) is 8.09. The number of anilines is 1. The van der Waals surface area contributed by atoms with Crippen LogP contribution in [0.25, 0.3) is 0 Å². The van der Waals surface area contributed by atoms with Gasteiger partial charge in [0.1, 0.15) is 11.9 Å². The van der Waals surface area contributed by atoms with Crippen molar-refractivity contribution in [1.82, 2.24) is 10.3 Å². The standard InChI is InChI=1S/C17H24N4O/c1-3-15(4-2)20-17(22)14-7-9-21(10-8-14)16-6-5-13(11-18)12-19-16/h5-6,12,14-15H,3-4,7-10H2,1-2H3,(H,20,22). The zero-order valence-corrected chi connectivity index (χ0v) is 13.4. The Morgan fingerprint density at radius 3 is 2.59 bits per heavy atom. The topological polar surface area (TPSA) is 69.0 Å². The highest BCUT2D eigenvalue weighted by atomic mass is 16.1. The molecule has 22 heavy (non-hydrogen) atoms. The number of rotatable bonds is 5. The van der Waals surface area contributed by atoms with Crippen LogP contribution in [-0.4, -0.2) is 30.0 Å². The highest BCUT2D eigenvalue weighted by Crippen LogP contribution is 2.22. The second-order valence-electron chi connectivity index (χ2n) is 5.80. The minimum Gasteiger partial charge on any atom is -0.357 e. The van der Waals surface area contributed by atoms with Gasteiger partial charge in [-0.15, -0.1) is 0 Å². The molecule has 0 aliphatic carbocycles. The van der Waals surface area contributed by atoms with Gasteiger partial charge in [-0.3, -0.25) is 4.79 Å². The molecule has 0 saturated carbocycles. The Hall–Kier alpha value is -2.09. The number of nitrogens with one attached hydrogen (secondary N) is 1. The molecule has 0 aromatic carbocycles. The quantitative estimate of drug-likeness (QED) is 0.907. The lowest BCUT2D eigenvalue weighted by atomic mass is 9.95. The lowest BCUT2D eigenvalue weighted by Crippen LogP contribution is -2.43. The van der Waals surface area contributed by atoms with Crippen LogP contribution in [0.15, 0.2) is 18.3 Å². The molecule has 2 rings (SSSR count). The maximum atomic E-state index is 12.3. The molecule has 0 unspecified atom stereocenters. The van der Waals surface area contributed by atoms with Crippen molar-refractivity contribution < 1.29 is 4.79 Å². The van der Waals surface area contributed by atoms with Crippen molar-refractivity contribution in [3.8, 4) is 6.07 Å². The van der Waals surface area contributed by atoms with Gasteiger partial charge in [0, 0.05) is 31.2 Å². The first-order valence-corrected chi connectivity index (χ1v) is 8.09. The number of nitrogens with zero attached hydrogens (tertiary/aromatic N) is 3. The number of aromatic nitrogens is 1. The van der Waals surface area contributed by atoms with E-state index in [9.17, 15) is 4.79 Å². The number of carbonyl (C=O) groups excluding carboxylic acids is 1. The predicted octanol–water partition coefficient (Wildman–Crippen LogP) is 2.47. The Labute approximate surface area is 132 Å². The fourth-order valence-electron chi connectivity index (χ4n) is 2.82. The first kappa shape index (κ1) is 16.3. The molecule has 2 heterocycles. The second kappa shape index (κ2) is 7.79. The van der Waals surface area contributed by atoms with Crippen molar-refractivity contribution >= 4 is 11.7 Å². The van der Waals surface area contributed by atoms with Gasteiger partial charge in [-0.2, -0.15) is 5.26 Å². The van der Waals surface area contributed by atoms with Gasteiger partial charge in [0.2, 0.25) is 5.91 Å². The third kappa shape index (κ3) is 3.97. The fraction of sp³-hybridized carbons (Fsp3) is 0.588. The van der Waals surface area contributed by atoms with Crippen LogP contribution in [0.4, 0.5) is 5.82 Å². The van der Waals surface area contributed by atoms with Crippen LogP contribution >= 0.6 is 0 Å². The van der Waals surface area contributed by atoms with Crippen molar-refractivity contribution in [1.29, 1.82) is 5.26 Å². The summed E-state index contributed by atoms with van der Waals surface area (Å²) >= 11 is 0. The van der Waals surface area contributed by atoms with Crippen molar-refractivity contribution in [2.24, 2.45) is 5.92 Å². The van der Waals surface area contributed by atoms with Crippen LogP contribution in [0.2, 0.25) is 0 Å². The maximum Gasteiger partial charge on any atom is 0.223 e. The van der Waals surface area contributed by atoms with Gasteiger partial charge in [0.15, 0.2) is 0 Å². The molecule has 0 spiro atoms. The number of hydrogen-bond acceptors (Lipinski definition) is 4. The van der Waals surface area contributed by atoms with E-state index in [1.807, 2.05) is 6.07 Å². The van der Waals surface area contributed by atoms with Gasteiger partial charge in [-0.1, -0.05) is 13.8 Å². The summed E-state index contributed by atoms with van der Waals surface area (Å²) in [6.45, 7) is 5.88. The summed E-state index contributed by atoms with van der Waals surface area (Å²) < 4.78 is 0. The second-order valence-corrected chi connectivity index (χ2v) is 5.80. The first-order chi connectivity index (χ1) is 10.7. The molecule has 1 aromatic heterocycles. The van der Waals surface area contributed by atoms with E-state index >= 15 is 0 Å². The van der Waals surface area contributed by atoms with E-state index in [-0.39, 0.29) is 11.8 Å². The van der Waals surface area contributed by atoms with E-state index in [1.165, 1.54) is 0 Å². The molecule has 1 fully saturated rings. The van der Waals surface area contributed by atoms with Gasteiger partial charge >= 0.3 is 0 Å². The molecular formula is C17H24N4O. The summed E-state index contributed by atoms with van der Waals surface area (Å²) in [6, 6.07) is 6.04.